The lowest BCUT2D eigenvalue weighted by Gasteiger charge is -2.63. The first-order valence-corrected chi connectivity index (χ1v) is 20.7. The fourth-order valence-corrected chi connectivity index (χ4v) is 10.3. The summed E-state index contributed by atoms with van der Waals surface area (Å²) in [6.07, 6.45) is -22.1. The molecule has 0 radical (unpaired) electrons. The molecule has 0 spiro atoms. The molecule has 3 fully saturated rings. The van der Waals surface area contributed by atoms with Crippen molar-refractivity contribution in [3.8, 4) is 0 Å². The summed E-state index contributed by atoms with van der Waals surface area (Å²) in [6.45, 7) is 6.02. The summed E-state index contributed by atoms with van der Waals surface area (Å²) in [7, 11) is 0. The van der Waals surface area contributed by atoms with Gasteiger partial charge in [0.2, 0.25) is 35.1 Å². The van der Waals surface area contributed by atoms with Crippen molar-refractivity contribution in [3.05, 3.63) is 12.7 Å². The van der Waals surface area contributed by atoms with E-state index >= 15 is 0 Å². The molecule has 18 atom stereocenters. The van der Waals surface area contributed by atoms with E-state index in [2.05, 4.69) is 22.5 Å². The summed E-state index contributed by atoms with van der Waals surface area (Å²) in [6, 6.07) is 0. The van der Waals surface area contributed by atoms with E-state index in [0.717, 1.165) is 41.5 Å². The zero-order chi connectivity index (χ0) is 49.3. The smallest absolute Gasteiger partial charge is 0.217 e. The van der Waals surface area contributed by atoms with Gasteiger partial charge in [-0.2, -0.15) is 0 Å². The normalized spacial score (nSPS) is 41.5. The molecule has 24 heteroatoms. The molecule has 15 N–H and O–H groups in total. The zero-order valence-electron chi connectivity index (χ0n) is 36.7. The zero-order valence-corrected chi connectivity index (χ0v) is 36.7. The number of nitrogens with one attached hydrogen (secondary N) is 3. The van der Waals surface area contributed by atoms with Crippen molar-refractivity contribution in [2.45, 2.75) is 163 Å². The van der Waals surface area contributed by atoms with Gasteiger partial charge in [0.1, 0.15) is 54.9 Å². The second-order valence-electron chi connectivity index (χ2n) is 17.0. The third kappa shape index (κ3) is 8.45. The fraction of sp³-hybridized carbons (Fsp3) is 0.800. The highest BCUT2D eigenvalue weighted by Gasteiger charge is 2.78. The van der Waals surface area contributed by atoms with Crippen LogP contribution in [0.2, 0.25) is 0 Å². The van der Waals surface area contributed by atoms with Crippen molar-refractivity contribution in [2.75, 3.05) is 19.8 Å². The number of ether oxygens (including phenoxy) is 3. The molecular formula is C40H65N3O21. The number of aliphatic hydroxyl groups is 12. The van der Waals surface area contributed by atoms with Gasteiger partial charge >= 0.3 is 0 Å². The molecule has 3 unspecified atom stereocenters. The van der Waals surface area contributed by atoms with Crippen LogP contribution in [0.3, 0.4) is 0 Å². The largest absolute Gasteiger partial charge is 0.394 e. The van der Waals surface area contributed by atoms with Crippen molar-refractivity contribution in [2.24, 2.45) is 17.8 Å². The number of rotatable bonds is 19. The number of ketones is 3. The summed E-state index contributed by atoms with van der Waals surface area (Å²) in [5.41, 5.74) is -9.67. The molecular weight excluding hydrogens is 858 g/mol. The molecule has 24 nitrogen and oxygen atoms in total. The van der Waals surface area contributed by atoms with Crippen molar-refractivity contribution in [1.82, 2.24) is 16.0 Å². The third-order valence-electron chi connectivity index (χ3n) is 13.2. The third-order valence-corrected chi connectivity index (χ3v) is 13.2. The topological polar surface area (TPSA) is 409 Å². The Hall–Kier alpha value is -3.44. The Morgan fingerprint density at radius 1 is 0.562 bits per heavy atom. The van der Waals surface area contributed by atoms with E-state index in [-0.39, 0.29) is 6.42 Å². The first-order valence-electron chi connectivity index (χ1n) is 20.7. The van der Waals surface area contributed by atoms with Gasteiger partial charge in [0.25, 0.3) is 0 Å². The van der Waals surface area contributed by atoms with Crippen LogP contribution in [-0.2, 0) is 43.0 Å². The van der Waals surface area contributed by atoms with Crippen LogP contribution >= 0.6 is 0 Å². The van der Waals surface area contributed by atoms with E-state index in [9.17, 15) is 90.0 Å². The molecule has 0 aliphatic carbocycles. The Bertz CT molecular complexity index is 1770. The number of hydrogen-bond acceptors (Lipinski definition) is 21. The Morgan fingerprint density at radius 2 is 0.859 bits per heavy atom. The average molecular weight is 924 g/mol. The standard InChI is InChI=1S/C40H65N3O21/c1-9-11-12-23(38(59)35(17(3)47,41-20(6)50)32(56)29(53)26(14-44)62-38)13-25(40(61)37(19(5)49,43-22(8)52)34(58)31(55)28(16-46)64-40)24(10-2)39(60)36(18(4)48,42-21(7)51)33(57)30(54)27(15-45)63-39/h9,23-34,44-46,53-61H,1,10-16H2,2-8H3,(H,41,50)(H,42,51)(H,43,52)/t23?,24?,25?,26-,27-,28-,29+,30+,31+,32+,33+,34+,35+,36+,37+,38-,39-,40-/m1/s1. The van der Waals surface area contributed by atoms with Crippen molar-refractivity contribution in [3.63, 3.8) is 0 Å². The highest BCUT2D eigenvalue weighted by atomic mass is 16.7. The van der Waals surface area contributed by atoms with Crippen molar-refractivity contribution >= 4 is 35.1 Å². The van der Waals surface area contributed by atoms with Crippen LogP contribution in [0.15, 0.2) is 12.7 Å². The van der Waals surface area contributed by atoms with Crippen molar-refractivity contribution < 1.29 is 104 Å². The highest BCUT2D eigenvalue weighted by Crippen LogP contribution is 2.56. The van der Waals surface area contributed by atoms with Gasteiger partial charge in [-0.3, -0.25) is 28.8 Å². The second kappa shape index (κ2) is 20.2. The summed E-state index contributed by atoms with van der Waals surface area (Å²) >= 11 is 0. The molecule has 0 saturated carbocycles. The van der Waals surface area contributed by atoms with Gasteiger partial charge in [0.05, 0.1) is 19.8 Å². The Balaban J connectivity index is 2.76. The van der Waals surface area contributed by atoms with E-state index < -0.39 is 181 Å². The summed E-state index contributed by atoms with van der Waals surface area (Å²) < 4.78 is 17.8. The quantitative estimate of drug-likeness (QED) is 0.0536. The molecule has 3 saturated heterocycles. The van der Waals surface area contributed by atoms with Crippen LogP contribution in [0.4, 0.5) is 0 Å². The fourth-order valence-electron chi connectivity index (χ4n) is 10.3. The highest BCUT2D eigenvalue weighted by molar-refractivity contribution is 5.95. The van der Waals surface area contributed by atoms with Gasteiger partial charge < -0.3 is 91.4 Å². The number of allylic oxidation sites excluding steroid dienone is 1. The number of Topliss-reactive ketones (excluding diaryl/α,β-unsaturated/α-hetero) is 3. The van der Waals surface area contributed by atoms with Crippen LogP contribution in [-0.4, -0.2) is 205 Å². The molecule has 3 aliphatic heterocycles. The lowest BCUT2D eigenvalue weighted by Crippen LogP contribution is -2.87. The van der Waals surface area contributed by atoms with Crippen molar-refractivity contribution in [1.29, 1.82) is 0 Å². The molecule has 0 aromatic heterocycles. The maximum Gasteiger partial charge on any atom is 0.217 e. The molecule has 3 heterocycles. The van der Waals surface area contributed by atoms with Gasteiger partial charge in [-0.05, 0) is 46.5 Å². The Morgan fingerprint density at radius 3 is 1.12 bits per heavy atom. The number of carbonyl (C=O) groups is 6. The SMILES string of the molecule is C=CCCC(CC(C(CC)[C@@]1(O)O[C@H](CO)[C@H](O)[C@H](O)[C@@]1(NC(C)=O)C(C)=O)[C@@]1(O)O[C@H](CO)[C@H](O)[C@H](O)[C@@]1(NC(C)=O)C(C)=O)[C@@]1(O)O[C@H](CO)[C@H](O)[C@H](O)[C@@]1(NC(C)=O)C(C)=O. The van der Waals surface area contributed by atoms with Crippen LogP contribution in [0.25, 0.3) is 0 Å². The molecule has 3 amide bonds. The van der Waals surface area contributed by atoms with Gasteiger partial charge in [-0.25, -0.2) is 0 Å². The minimum absolute atomic E-state index is 0.221. The Labute approximate surface area is 368 Å². The van der Waals surface area contributed by atoms with Gasteiger partial charge in [0.15, 0.2) is 34.0 Å². The minimum Gasteiger partial charge on any atom is -0.394 e. The van der Waals surface area contributed by atoms with E-state index in [4.69, 9.17) is 14.2 Å². The molecule has 3 rings (SSSR count). The lowest BCUT2D eigenvalue weighted by atomic mass is 9.57. The van der Waals surface area contributed by atoms with Crippen LogP contribution in [0, 0.1) is 17.8 Å². The van der Waals surface area contributed by atoms with Crippen LogP contribution in [0.5, 0.6) is 0 Å². The minimum atomic E-state index is -3.70. The Kier molecular flexibility index (Phi) is 17.3. The number of aliphatic hydroxyl groups excluding tert-OH is 9. The molecule has 0 bridgehead atoms. The van der Waals surface area contributed by atoms with E-state index in [1.54, 1.807) is 0 Å². The maximum absolute atomic E-state index is 14.2. The van der Waals surface area contributed by atoms with Gasteiger partial charge in [-0.15, -0.1) is 6.58 Å². The summed E-state index contributed by atoms with van der Waals surface area (Å²) in [5.74, 6) is -24.8. The number of carbonyl (C=O) groups excluding carboxylic acids is 6. The van der Waals surface area contributed by atoms with Gasteiger partial charge in [0, 0.05) is 38.5 Å². The molecule has 0 aromatic rings. The first kappa shape index (κ1) is 54.9. The maximum atomic E-state index is 14.2. The first-order chi connectivity index (χ1) is 29.5. The molecule has 0 aromatic carbocycles. The van der Waals surface area contributed by atoms with E-state index in [1.807, 2.05) is 0 Å². The monoisotopic (exact) mass is 923 g/mol. The molecule has 64 heavy (non-hydrogen) atoms. The predicted molar refractivity (Wildman–Crippen MR) is 213 cm³/mol. The summed E-state index contributed by atoms with van der Waals surface area (Å²) in [4.78, 5) is 81.2. The van der Waals surface area contributed by atoms with Crippen LogP contribution < -0.4 is 16.0 Å². The number of amides is 3. The van der Waals surface area contributed by atoms with Crippen LogP contribution in [0.1, 0.15) is 74.1 Å². The van der Waals surface area contributed by atoms with E-state index in [1.165, 1.54) is 13.0 Å². The predicted octanol–water partition coefficient (Wildman–Crippen LogP) is -6.60. The number of hydrogen-bond donors (Lipinski definition) is 15. The average Bonchev–Trinajstić information content (AvgIpc) is 3.21. The molecule has 366 valence electrons. The van der Waals surface area contributed by atoms with E-state index in [0.29, 0.717) is 0 Å². The van der Waals surface area contributed by atoms with Gasteiger partial charge in [-0.1, -0.05) is 13.0 Å². The second-order valence-corrected chi connectivity index (χ2v) is 17.0. The lowest BCUT2D eigenvalue weighted by molar-refractivity contribution is -0.406. The molecule has 3 aliphatic rings. The summed E-state index contributed by atoms with van der Waals surface area (Å²) in [5, 5.41) is 147.